The van der Waals surface area contributed by atoms with Gasteiger partial charge in [0, 0.05) is 24.3 Å². The highest BCUT2D eigenvalue weighted by Gasteiger charge is 2.15. The van der Waals surface area contributed by atoms with Gasteiger partial charge in [0.05, 0.1) is 23.9 Å². The van der Waals surface area contributed by atoms with E-state index in [0.29, 0.717) is 17.7 Å². The van der Waals surface area contributed by atoms with Crippen molar-refractivity contribution in [2.45, 2.75) is 39.4 Å². The molecular formula is C16H19FN4. The van der Waals surface area contributed by atoms with E-state index in [2.05, 4.69) is 17.3 Å². The maximum absolute atomic E-state index is 13.7. The van der Waals surface area contributed by atoms with Gasteiger partial charge in [0.25, 0.3) is 0 Å². The Morgan fingerprint density at radius 3 is 2.81 bits per heavy atom. The molecule has 4 nitrogen and oxygen atoms in total. The molecule has 21 heavy (non-hydrogen) atoms. The maximum Gasteiger partial charge on any atom is 0.127 e. The van der Waals surface area contributed by atoms with E-state index >= 15 is 0 Å². The van der Waals surface area contributed by atoms with E-state index in [1.807, 2.05) is 37.0 Å². The number of halogens is 1. The number of nitrogens with zero attached hydrogens (tertiary/aromatic N) is 3. The molecule has 0 aliphatic carbocycles. The largest absolute Gasteiger partial charge is 0.308 e. The van der Waals surface area contributed by atoms with Crippen LogP contribution in [0.5, 0.6) is 0 Å². The van der Waals surface area contributed by atoms with E-state index in [-0.39, 0.29) is 17.9 Å². The van der Waals surface area contributed by atoms with Crippen LogP contribution >= 0.6 is 0 Å². The summed E-state index contributed by atoms with van der Waals surface area (Å²) in [4.78, 5) is 0. The van der Waals surface area contributed by atoms with E-state index in [1.54, 1.807) is 6.07 Å². The lowest BCUT2D eigenvalue weighted by Gasteiger charge is -2.22. The molecule has 2 aromatic rings. The Bertz CT molecular complexity index is 657. The number of nitrogens with one attached hydrogen (secondary N) is 1. The fourth-order valence-corrected chi connectivity index (χ4v) is 2.11. The Kier molecular flexibility index (Phi) is 4.71. The van der Waals surface area contributed by atoms with Crippen molar-refractivity contribution in [3.8, 4) is 6.07 Å². The fourth-order valence-electron chi connectivity index (χ4n) is 2.11. The molecule has 0 fully saturated rings. The van der Waals surface area contributed by atoms with Crippen LogP contribution in [0, 0.1) is 24.1 Å². The molecule has 2 rings (SSSR count). The molecule has 5 heteroatoms. The summed E-state index contributed by atoms with van der Waals surface area (Å²) < 4.78 is 15.6. The molecule has 0 amide bonds. The van der Waals surface area contributed by atoms with Gasteiger partial charge in [0.15, 0.2) is 0 Å². The molecule has 0 bridgehead atoms. The molecule has 110 valence electrons. The molecule has 1 heterocycles. The van der Waals surface area contributed by atoms with Crippen molar-refractivity contribution < 1.29 is 4.39 Å². The molecule has 2 unspecified atom stereocenters. The van der Waals surface area contributed by atoms with Gasteiger partial charge in [0.1, 0.15) is 5.82 Å². The van der Waals surface area contributed by atoms with Gasteiger partial charge in [-0.05, 0) is 44.5 Å². The van der Waals surface area contributed by atoms with E-state index in [4.69, 9.17) is 5.26 Å². The molecule has 0 aliphatic rings. The van der Waals surface area contributed by atoms with E-state index in [1.165, 1.54) is 12.1 Å². The van der Waals surface area contributed by atoms with Crippen LogP contribution < -0.4 is 5.32 Å². The summed E-state index contributed by atoms with van der Waals surface area (Å²) in [5.41, 5.74) is 2.09. The topological polar surface area (TPSA) is 53.6 Å². The number of hydrogen-bond donors (Lipinski definition) is 1. The molecule has 0 aliphatic heterocycles. The number of rotatable bonds is 5. The average Bonchev–Trinajstić information content (AvgIpc) is 2.91. The molecule has 0 saturated carbocycles. The third-order valence-corrected chi connectivity index (χ3v) is 3.66. The van der Waals surface area contributed by atoms with Crippen LogP contribution in [0.1, 0.15) is 36.6 Å². The van der Waals surface area contributed by atoms with Gasteiger partial charge < -0.3 is 5.32 Å². The van der Waals surface area contributed by atoms with Crippen LogP contribution in [0.25, 0.3) is 0 Å². The third kappa shape index (κ3) is 3.67. The number of benzene rings is 1. The van der Waals surface area contributed by atoms with E-state index in [9.17, 15) is 4.39 Å². The highest BCUT2D eigenvalue weighted by Crippen LogP contribution is 2.14. The van der Waals surface area contributed by atoms with Crippen LogP contribution in [-0.4, -0.2) is 15.8 Å². The summed E-state index contributed by atoms with van der Waals surface area (Å²) in [6.07, 6.45) is 3.80. The number of nitriles is 1. The van der Waals surface area contributed by atoms with E-state index in [0.717, 1.165) is 5.56 Å². The fraction of sp³-hybridized carbons (Fsp3) is 0.375. The summed E-state index contributed by atoms with van der Waals surface area (Å²) in [6.45, 7) is 6.48. The second-order valence-corrected chi connectivity index (χ2v) is 5.33. The molecule has 0 saturated heterocycles. The van der Waals surface area contributed by atoms with Crippen molar-refractivity contribution in [1.29, 1.82) is 5.26 Å². The average molecular weight is 286 g/mol. The smallest absolute Gasteiger partial charge is 0.127 e. The zero-order valence-corrected chi connectivity index (χ0v) is 12.5. The summed E-state index contributed by atoms with van der Waals surface area (Å²) in [7, 11) is 0. The predicted octanol–water partition coefficient (Wildman–Crippen LogP) is 2.94. The van der Waals surface area contributed by atoms with Gasteiger partial charge in [-0.15, -0.1) is 0 Å². The van der Waals surface area contributed by atoms with Crippen molar-refractivity contribution >= 4 is 0 Å². The van der Waals surface area contributed by atoms with Gasteiger partial charge in [0.2, 0.25) is 0 Å². The van der Waals surface area contributed by atoms with Gasteiger partial charge >= 0.3 is 0 Å². The Labute approximate surface area is 124 Å². The lowest BCUT2D eigenvalue weighted by atomic mass is 10.1. The zero-order chi connectivity index (χ0) is 15.4. The number of aromatic nitrogens is 2. The van der Waals surface area contributed by atoms with Crippen LogP contribution in [0.2, 0.25) is 0 Å². The van der Waals surface area contributed by atoms with Gasteiger partial charge in [-0.2, -0.15) is 10.4 Å². The first-order valence-corrected chi connectivity index (χ1v) is 6.94. The Morgan fingerprint density at radius 2 is 2.19 bits per heavy atom. The first-order chi connectivity index (χ1) is 10.0. The first kappa shape index (κ1) is 15.2. The van der Waals surface area contributed by atoms with Crippen LogP contribution in [-0.2, 0) is 6.54 Å². The van der Waals surface area contributed by atoms with E-state index < -0.39 is 0 Å². The normalized spacial score (nSPS) is 13.7. The molecule has 2 atom stereocenters. The lowest BCUT2D eigenvalue weighted by molar-refractivity contribution is 0.363. The number of aryl methyl sites for hydroxylation is 1. The molecule has 0 spiro atoms. The molecular weight excluding hydrogens is 267 g/mol. The minimum atomic E-state index is -0.295. The van der Waals surface area contributed by atoms with Gasteiger partial charge in [-0.1, -0.05) is 0 Å². The third-order valence-electron chi connectivity index (χ3n) is 3.66. The minimum Gasteiger partial charge on any atom is -0.308 e. The summed E-state index contributed by atoms with van der Waals surface area (Å²) in [6, 6.07) is 6.70. The van der Waals surface area contributed by atoms with Crippen molar-refractivity contribution in [3.63, 3.8) is 0 Å². The van der Waals surface area contributed by atoms with Crippen molar-refractivity contribution in [1.82, 2.24) is 15.1 Å². The van der Waals surface area contributed by atoms with Crippen LogP contribution in [0.15, 0.2) is 30.6 Å². The summed E-state index contributed by atoms with van der Waals surface area (Å²) >= 11 is 0. The highest BCUT2D eigenvalue weighted by atomic mass is 19.1. The molecule has 1 aromatic heterocycles. The lowest BCUT2D eigenvalue weighted by Crippen LogP contribution is -2.33. The van der Waals surface area contributed by atoms with Gasteiger partial charge in [-0.25, -0.2) is 4.39 Å². The minimum absolute atomic E-state index is 0.120. The summed E-state index contributed by atoms with van der Waals surface area (Å²) in [5.74, 6) is -0.295. The quantitative estimate of drug-likeness (QED) is 0.919. The predicted molar refractivity (Wildman–Crippen MR) is 79.1 cm³/mol. The summed E-state index contributed by atoms with van der Waals surface area (Å²) in [5, 5.41) is 16.4. The van der Waals surface area contributed by atoms with Crippen molar-refractivity contribution in [2.75, 3.05) is 0 Å². The Balaban J connectivity index is 2.01. The van der Waals surface area contributed by atoms with Crippen molar-refractivity contribution in [3.05, 3.63) is 53.1 Å². The molecule has 1 N–H and O–H groups in total. The monoisotopic (exact) mass is 286 g/mol. The van der Waals surface area contributed by atoms with Crippen LogP contribution in [0.3, 0.4) is 0 Å². The van der Waals surface area contributed by atoms with Crippen molar-refractivity contribution in [2.24, 2.45) is 0 Å². The standard InChI is InChI=1S/C16H19FN4/c1-11-8-20-21(10-11)13(3)12(2)19-9-15-6-14(7-18)4-5-16(15)17/h4-6,8,10,12-13,19H,9H2,1-3H3. The molecule has 0 radical (unpaired) electrons. The Morgan fingerprint density at radius 1 is 1.43 bits per heavy atom. The maximum atomic E-state index is 13.7. The first-order valence-electron chi connectivity index (χ1n) is 6.94. The van der Waals surface area contributed by atoms with Gasteiger partial charge in [-0.3, -0.25) is 4.68 Å². The van der Waals surface area contributed by atoms with Crippen LogP contribution in [0.4, 0.5) is 4.39 Å². The SMILES string of the molecule is Cc1cnn(C(C)C(C)NCc2cc(C#N)ccc2F)c1. The second kappa shape index (κ2) is 6.51. The second-order valence-electron chi connectivity index (χ2n) is 5.33. The highest BCUT2D eigenvalue weighted by molar-refractivity contribution is 5.33. The molecule has 1 aromatic carbocycles. The Hall–Kier alpha value is -2.19. The number of hydrogen-bond acceptors (Lipinski definition) is 3. The zero-order valence-electron chi connectivity index (χ0n) is 12.5.